The Morgan fingerprint density at radius 3 is 2.60 bits per heavy atom. The number of anilines is 1. The number of nitrogen functional groups attached to an aromatic ring is 1. The van der Waals surface area contributed by atoms with Crippen molar-refractivity contribution in [3.8, 4) is 22.5 Å². The van der Waals surface area contributed by atoms with Crippen LogP contribution < -0.4 is 5.73 Å². The SMILES string of the molecule is Nc1noc(-c2ccncc2F)c1-c1ccc(Br)cc1. The molecule has 0 fully saturated rings. The Morgan fingerprint density at radius 1 is 1.15 bits per heavy atom. The molecular weight excluding hydrogens is 325 g/mol. The molecule has 0 radical (unpaired) electrons. The summed E-state index contributed by atoms with van der Waals surface area (Å²) in [5.74, 6) is 0.0327. The Balaban J connectivity index is 2.20. The van der Waals surface area contributed by atoms with Crippen molar-refractivity contribution in [2.45, 2.75) is 0 Å². The van der Waals surface area contributed by atoms with Crippen molar-refractivity contribution in [1.82, 2.24) is 10.1 Å². The van der Waals surface area contributed by atoms with E-state index in [9.17, 15) is 4.39 Å². The van der Waals surface area contributed by atoms with Gasteiger partial charge in [0.2, 0.25) is 0 Å². The normalized spacial score (nSPS) is 10.7. The van der Waals surface area contributed by atoms with Crippen LogP contribution in [0.2, 0.25) is 0 Å². The predicted molar refractivity (Wildman–Crippen MR) is 77.2 cm³/mol. The smallest absolute Gasteiger partial charge is 0.179 e. The number of rotatable bonds is 2. The molecule has 0 unspecified atom stereocenters. The standard InChI is InChI=1S/C14H9BrFN3O/c15-9-3-1-8(2-4-9)12-13(20-19-14(12)17)10-5-6-18-7-11(10)16/h1-7H,(H2,17,19). The molecule has 0 amide bonds. The van der Waals surface area contributed by atoms with Gasteiger partial charge in [0.1, 0.15) is 0 Å². The summed E-state index contributed by atoms with van der Waals surface area (Å²) in [6.45, 7) is 0. The Bertz CT molecular complexity index is 755. The van der Waals surface area contributed by atoms with Crippen LogP contribution in [0.1, 0.15) is 0 Å². The summed E-state index contributed by atoms with van der Waals surface area (Å²) in [5.41, 5.74) is 7.50. The lowest BCUT2D eigenvalue weighted by atomic mass is 10.0. The monoisotopic (exact) mass is 333 g/mol. The fraction of sp³-hybridized carbons (Fsp3) is 0. The average molecular weight is 334 g/mol. The number of nitrogens with two attached hydrogens (primary N) is 1. The number of nitrogens with zero attached hydrogens (tertiary/aromatic N) is 2. The minimum Gasteiger partial charge on any atom is -0.380 e. The molecule has 3 aromatic rings. The van der Waals surface area contributed by atoms with Crippen LogP contribution in [0.3, 0.4) is 0 Å². The van der Waals surface area contributed by atoms with Gasteiger partial charge in [0.05, 0.1) is 17.3 Å². The summed E-state index contributed by atoms with van der Waals surface area (Å²) in [5, 5.41) is 3.74. The fourth-order valence-corrected chi connectivity index (χ4v) is 2.21. The first-order valence-electron chi connectivity index (χ1n) is 5.78. The number of aromatic nitrogens is 2. The number of hydrogen-bond acceptors (Lipinski definition) is 4. The lowest BCUT2D eigenvalue weighted by molar-refractivity contribution is 0.433. The molecule has 0 saturated heterocycles. The van der Waals surface area contributed by atoms with Gasteiger partial charge >= 0.3 is 0 Å². The van der Waals surface area contributed by atoms with E-state index in [1.165, 1.54) is 12.3 Å². The minimum absolute atomic E-state index is 0.221. The van der Waals surface area contributed by atoms with E-state index >= 15 is 0 Å². The van der Waals surface area contributed by atoms with Gasteiger partial charge < -0.3 is 10.3 Å². The van der Waals surface area contributed by atoms with Crippen molar-refractivity contribution in [1.29, 1.82) is 0 Å². The van der Waals surface area contributed by atoms with Crippen molar-refractivity contribution in [2.75, 3.05) is 5.73 Å². The van der Waals surface area contributed by atoms with Gasteiger partial charge in [-0.2, -0.15) is 0 Å². The molecule has 6 heteroatoms. The quantitative estimate of drug-likeness (QED) is 0.772. The third kappa shape index (κ3) is 2.18. The van der Waals surface area contributed by atoms with E-state index < -0.39 is 5.82 Å². The molecule has 3 rings (SSSR count). The number of hydrogen-bond donors (Lipinski definition) is 1. The van der Waals surface area contributed by atoms with E-state index in [1.807, 2.05) is 24.3 Å². The number of benzene rings is 1. The van der Waals surface area contributed by atoms with Gasteiger partial charge in [0.25, 0.3) is 0 Å². The zero-order valence-corrected chi connectivity index (χ0v) is 11.8. The van der Waals surface area contributed by atoms with Crippen LogP contribution in [-0.2, 0) is 0 Å². The predicted octanol–water partition coefficient (Wildman–Crippen LogP) is 3.89. The van der Waals surface area contributed by atoms with Gasteiger partial charge in [-0.1, -0.05) is 33.2 Å². The van der Waals surface area contributed by atoms with Gasteiger partial charge in [0, 0.05) is 10.7 Å². The van der Waals surface area contributed by atoms with Crippen LogP contribution in [0, 0.1) is 5.82 Å². The summed E-state index contributed by atoms with van der Waals surface area (Å²) in [7, 11) is 0. The van der Waals surface area contributed by atoms with E-state index in [2.05, 4.69) is 26.1 Å². The lowest BCUT2D eigenvalue weighted by Crippen LogP contribution is -1.90. The molecule has 0 aliphatic rings. The fourth-order valence-electron chi connectivity index (χ4n) is 1.94. The molecule has 0 saturated carbocycles. The molecule has 0 aliphatic carbocycles. The Labute approximate surface area is 122 Å². The van der Waals surface area contributed by atoms with Crippen LogP contribution in [-0.4, -0.2) is 10.1 Å². The minimum atomic E-state index is -0.484. The molecule has 2 aromatic heterocycles. The van der Waals surface area contributed by atoms with Gasteiger partial charge in [-0.05, 0) is 23.8 Å². The largest absolute Gasteiger partial charge is 0.380 e. The van der Waals surface area contributed by atoms with Crippen molar-refractivity contribution in [3.63, 3.8) is 0 Å². The first kappa shape index (κ1) is 12.8. The number of pyridine rings is 1. The third-order valence-corrected chi connectivity index (χ3v) is 3.40. The second-order valence-corrected chi connectivity index (χ2v) is 5.05. The van der Waals surface area contributed by atoms with Gasteiger partial charge in [-0.3, -0.25) is 4.98 Å². The van der Waals surface area contributed by atoms with Crippen LogP contribution in [0.4, 0.5) is 10.2 Å². The number of halogens is 2. The van der Waals surface area contributed by atoms with E-state index in [4.69, 9.17) is 10.3 Å². The van der Waals surface area contributed by atoms with Crippen LogP contribution in [0.15, 0.2) is 51.7 Å². The van der Waals surface area contributed by atoms with E-state index in [0.29, 0.717) is 11.3 Å². The van der Waals surface area contributed by atoms with Gasteiger partial charge in [-0.25, -0.2) is 4.39 Å². The van der Waals surface area contributed by atoms with Gasteiger partial charge in [-0.15, -0.1) is 0 Å². The maximum atomic E-state index is 13.8. The lowest BCUT2D eigenvalue weighted by Gasteiger charge is -2.03. The second-order valence-electron chi connectivity index (χ2n) is 4.13. The molecule has 20 heavy (non-hydrogen) atoms. The van der Waals surface area contributed by atoms with E-state index in [0.717, 1.165) is 16.2 Å². The second kappa shape index (κ2) is 5.05. The van der Waals surface area contributed by atoms with Gasteiger partial charge in [0.15, 0.2) is 17.4 Å². The average Bonchev–Trinajstić information content (AvgIpc) is 2.82. The molecule has 2 N–H and O–H groups in total. The molecule has 100 valence electrons. The van der Waals surface area contributed by atoms with E-state index in [-0.39, 0.29) is 11.4 Å². The van der Waals surface area contributed by atoms with Crippen LogP contribution in [0.5, 0.6) is 0 Å². The first-order chi connectivity index (χ1) is 9.66. The maximum absolute atomic E-state index is 13.8. The highest BCUT2D eigenvalue weighted by molar-refractivity contribution is 9.10. The van der Waals surface area contributed by atoms with Crippen molar-refractivity contribution in [2.24, 2.45) is 0 Å². The van der Waals surface area contributed by atoms with E-state index in [1.54, 1.807) is 0 Å². The first-order valence-corrected chi connectivity index (χ1v) is 6.57. The Morgan fingerprint density at radius 2 is 1.90 bits per heavy atom. The van der Waals surface area contributed by atoms with Crippen molar-refractivity contribution >= 4 is 21.7 Å². The highest BCUT2D eigenvalue weighted by Gasteiger charge is 2.20. The van der Waals surface area contributed by atoms with Crippen molar-refractivity contribution < 1.29 is 8.91 Å². The molecule has 1 aromatic carbocycles. The topological polar surface area (TPSA) is 64.9 Å². The summed E-state index contributed by atoms with van der Waals surface area (Å²) in [6.07, 6.45) is 2.61. The highest BCUT2D eigenvalue weighted by Crippen LogP contribution is 2.37. The molecular formula is C14H9BrFN3O. The molecule has 4 nitrogen and oxygen atoms in total. The summed E-state index contributed by atoms with van der Waals surface area (Å²) in [6, 6.07) is 8.98. The molecule has 2 heterocycles. The maximum Gasteiger partial charge on any atom is 0.179 e. The third-order valence-electron chi connectivity index (χ3n) is 2.87. The Kier molecular flexibility index (Phi) is 3.23. The van der Waals surface area contributed by atoms with Crippen molar-refractivity contribution in [3.05, 3.63) is 53.0 Å². The molecule has 0 bridgehead atoms. The molecule has 0 spiro atoms. The zero-order chi connectivity index (χ0) is 14.1. The summed E-state index contributed by atoms with van der Waals surface area (Å²) < 4.78 is 20.0. The molecule has 0 aliphatic heterocycles. The molecule has 0 atom stereocenters. The van der Waals surface area contributed by atoms with Crippen LogP contribution >= 0.6 is 15.9 Å². The van der Waals surface area contributed by atoms with Crippen LogP contribution in [0.25, 0.3) is 22.5 Å². The summed E-state index contributed by atoms with van der Waals surface area (Å²) >= 11 is 3.36. The zero-order valence-electron chi connectivity index (χ0n) is 10.2. The summed E-state index contributed by atoms with van der Waals surface area (Å²) in [4.78, 5) is 3.72. The Hall–Kier alpha value is -2.21. The highest BCUT2D eigenvalue weighted by atomic mass is 79.9.